The molecule has 0 bridgehead atoms. The van der Waals surface area contributed by atoms with E-state index >= 15 is 0 Å². The van der Waals surface area contributed by atoms with Crippen molar-refractivity contribution in [1.82, 2.24) is 0 Å². The van der Waals surface area contributed by atoms with Crippen molar-refractivity contribution in [2.75, 3.05) is 0 Å². The van der Waals surface area contributed by atoms with Crippen LogP contribution in [0.2, 0.25) is 0 Å². The second-order valence-corrected chi connectivity index (χ2v) is 9.16. The summed E-state index contributed by atoms with van der Waals surface area (Å²) >= 11 is 0. The molecule has 150 valence electrons. The van der Waals surface area contributed by atoms with Gasteiger partial charge in [0.05, 0.1) is 12.4 Å². The van der Waals surface area contributed by atoms with Crippen molar-refractivity contribution < 1.29 is 25.4 Å². The van der Waals surface area contributed by atoms with Crippen molar-refractivity contribution in [3.63, 3.8) is 0 Å². The average Bonchev–Trinajstić information content (AvgIpc) is 2.65. The van der Waals surface area contributed by atoms with Crippen LogP contribution in [-0.2, 0) is 28.8 Å². The Hall–Kier alpha value is -2.72. The second kappa shape index (κ2) is 8.98. The summed E-state index contributed by atoms with van der Waals surface area (Å²) in [5.74, 6) is 0.267. The van der Waals surface area contributed by atoms with Crippen LogP contribution in [-0.4, -0.2) is 29.3 Å². The number of oxime groups is 2. The monoisotopic (exact) mass is 424 g/mol. The van der Waals surface area contributed by atoms with Gasteiger partial charge in [0.2, 0.25) is 0 Å². The van der Waals surface area contributed by atoms with Crippen LogP contribution in [0, 0.1) is 6.92 Å². The fraction of sp³-hybridized carbons (Fsp3) is 0.222. The maximum absolute atomic E-state index is 12.0. The van der Waals surface area contributed by atoms with Crippen molar-refractivity contribution in [3.8, 4) is 0 Å². The predicted molar refractivity (Wildman–Crippen MR) is 105 cm³/mol. The molecule has 2 aromatic carbocycles. The molecule has 0 aliphatic heterocycles. The number of nitrogens with zero attached hydrogens (tertiary/aromatic N) is 2. The smallest absolute Gasteiger partial charge is 0.265 e. The molecule has 0 aromatic heterocycles. The standard InChI is InChI=1S/C18H20N2O6S2/c1-14(2)16-6-10-18(11-7-16)28(23,24)26-20-13-12-19-25-27(21,22)17-8-4-15(3)5-9-17/h4-14H,1-3H3. The highest BCUT2D eigenvalue weighted by Gasteiger charge is 2.16. The van der Waals surface area contributed by atoms with E-state index in [2.05, 4.69) is 18.9 Å². The molecule has 0 heterocycles. The van der Waals surface area contributed by atoms with Gasteiger partial charge in [0.1, 0.15) is 9.79 Å². The van der Waals surface area contributed by atoms with E-state index in [1.165, 1.54) is 24.3 Å². The molecule has 10 heteroatoms. The van der Waals surface area contributed by atoms with E-state index in [1.807, 2.05) is 20.8 Å². The summed E-state index contributed by atoms with van der Waals surface area (Å²) in [7, 11) is -8.15. The zero-order valence-corrected chi connectivity index (χ0v) is 17.1. The molecule has 8 nitrogen and oxygen atoms in total. The van der Waals surface area contributed by atoms with Gasteiger partial charge in [-0.3, -0.25) is 8.57 Å². The van der Waals surface area contributed by atoms with Gasteiger partial charge in [-0.05, 0) is 42.7 Å². The third-order valence-corrected chi connectivity index (χ3v) is 5.88. The molecule has 2 rings (SSSR count). The lowest BCUT2D eigenvalue weighted by atomic mass is 10.0. The Morgan fingerprint density at radius 3 is 1.54 bits per heavy atom. The van der Waals surface area contributed by atoms with Crippen molar-refractivity contribution in [1.29, 1.82) is 0 Å². The van der Waals surface area contributed by atoms with Crippen LogP contribution in [0.15, 0.2) is 68.6 Å². The van der Waals surface area contributed by atoms with Crippen molar-refractivity contribution in [2.24, 2.45) is 10.3 Å². The molecule has 2 aromatic rings. The molecular formula is C18H20N2O6S2. The first-order chi connectivity index (χ1) is 13.1. The highest BCUT2D eigenvalue weighted by atomic mass is 32.2. The fourth-order valence-electron chi connectivity index (χ4n) is 2.03. The minimum absolute atomic E-state index is 0.0517. The van der Waals surface area contributed by atoms with Gasteiger partial charge in [0.25, 0.3) is 0 Å². The minimum Gasteiger partial charge on any atom is -0.265 e. The number of aryl methyl sites for hydroxylation is 1. The van der Waals surface area contributed by atoms with E-state index in [4.69, 9.17) is 0 Å². The first-order valence-corrected chi connectivity index (χ1v) is 11.0. The molecule has 0 saturated heterocycles. The average molecular weight is 425 g/mol. The molecule has 0 spiro atoms. The Bertz CT molecular complexity index is 1060. The lowest BCUT2D eigenvalue weighted by Crippen LogP contribution is -2.04. The topological polar surface area (TPSA) is 111 Å². The van der Waals surface area contributed by atoms with E-state index < -0.39 is 20.2 Å². The number of benzene rings is 2. The lowest BCUT2D eigenvalue weighted by molar-refractivity contribution is 0.337. The summed E-state index contributed by atoms with van der Waals surface area (Å²) in [4.78, 5) is -0.111. The van der Waals surface area contributed by atoms with E-state index in [0.717, 1.165) is 23.6 Å². The van der Waals surface area contributed by atoms with Gasteiger partial charge in [-0.2, -0.15) is 16.8 Å². The van der Waals surface area contributed by atoms with E-state index in [0.29, 0.717) is 0 Å². The third-order valence-electron chi connectivity index (χ3n) is 3.62. The minimum atomic E-state index is -4.08. The molecular weight excluding hydrogens is 404 g/mol. The maximum Gasteiger partial charge on any atom is 0.358 e. The van der Waals surface area contributed by atoms with Crippen LogP contribution in [0.1, 0.15) is 30.9 Å². The Balaban J connectivity index is 1.94. The summed E-state index contributed by atoms with van der Waals surface area (Å²) in [6.07, 6.45) is 1.70. The molecule has 0 atom stereocenters. The summed E-state index contributed by atoms with van der Waals surface area (Å²) < 4.78 is 56.7. The van der Waals surface area contributed by atoms with Crippen LogP contribution in [0.25, 0.3) is 0 Å². The van der Waals surface area contributed by atoms with Crippen LogP contribution < -0.4 is 0 Å². The predicted octanol–water partition coefficient (Wildman–Crippen LogP) is 3.20. The van der Waals surface area contributed by atoms with E-state index in [1.54, 1.807) is 24.3 Å². The molecule has 0 N–H and O–H groups in total. The summed E-state index contributed by atoms with van der Waals surface area (Å²) in [5.41, 5.74) is 1.88. The van der Waals surface area contributed by atoms with Gasteiger partial charge in [-0.25, -0.2) is 0 Å². The maximum atomic E-state index is 12.0. The van der Waals surface area contributed by atoms with Crippen LogP contribution in [0.3, 0.4) is 0 Å². The largest absolute Gasteiger partial charge is 0.358 e. The van der Waals surface area contributed by atoms with Crippen LogP contribution in [0.5, 0.6) is 0 Å². The molecule has 0 amide bonds. The van der Waals surface area contributed by atoms with E-state index in [-0.39, 0.29) is 15.7 Å². The molecule has 0 unspecified atom stereocenters. The van der Waals surface area contributed by atoms with Gasteiger partial charge >= 0.3 is 20.2 Å². The Morgan fingerprint density at radius 2 is 1.14 bits per heavy atom. The Morgan fingerprint density at radius 1 is 0.750 bits per heavy atom. The quantitative estimate of drug-likeness (QED) is 0.475. The van der Waals surface area contributed by atoms with Gasteiger partial charge in [0.15, 0.2) is 0 Å². The van der Waals surface area contributed by atoms with Crippen LogP contribution in [0.4, 0.5) is 0 Å². The molecule has 0 fully saturated rings. The number of hydrogen-bond acceptors (Lipinski definition) is 8. The van der Waals surface area contributed by atoms with Gasteiger partial charge < -0.3 is 0 Å². The van der Waals surface area contributed by atoms with Crippen molar-refractivity contribution >= 4 is 32.7 Å². The zero-order chi connectivity index (χ0) is 20.8. The fourth-order valence-corrected chi connectivity index (χ4v) is 3.46. The molecule has 28 heavy (non-hydrogen) atoms. The Kier molecular flexibility index (Phi) is 6.92. The summed E-state index contributed by atoms with van der Waals surface area (Å²) in [6, 6.07) is 12.2. The van der Waals surface area contributed by atoms with Gasteiger partial charge in [-0.15, -0.1) is 0 Å². The van der Waals surface area contributed by atoms with Crippen molar-refractivity contribution in [2.45, 2.75) is 36.5 Å². The number of hydrogen-bond donors (Lipinski definition) is 0. The second-order valence-electron chi connectivity index (χ2n) is 6.10. The van der Waals surface area contributed by atoms with Crippen LogP contribution >= 0.6 is 0 Å². The first kappa shape index (κ1) is 21.6. The molecule has 0 aliphatic rings. The van der Waals surface area contributed by atoms with Crippen molar-refractivity contribution in [3.05, 3.63) is 59.7 Å². The van der Waals surface area contributed by atoms with E-state index in [9.17, 15) is 16.8 Å². The first-order valence-electron chi connectivity index (χ1n) is 8.21. The summed E-state index contributed by atoms with van der Waals surface area (Å²) in [5, 5.41) is 6.47. The molecule has 0 saturated carbocycles. The Labute approximate surface area is 164 Å². The number of rotatable bonds is 8. The normalized spacial score (nSPS) is 12.7. The zero-order valence-electron chi connectivity index (χ0n) is 15.5. The summed E-state index contributed by atoms with van der Waals surface area (Å²) in [6.45, 7) is 5.80. The highest BCUT2D eigenvalue weighted by molar-refractivity contribution is 7.87. The SMILES string of the molecule is Cc1ccc(S(=O)(=O)ON=CC=NOS(=O)(=O)c2ccc(C(C)C)cc2)cc1. The molecule has 0 radical (unpaired) electrons. The van der Waals surface area contributed by atoms with Gasteiger partial charge in [0, 0.05) is 0 Å². The lowest BCUT2D eigenvalue weighted by Gasteiger charge is -2.06. The highest BCUT2D eigenvalue weighted by Crippen LogP contribution is 2.18. The third kappa shape index (κ3) is 5.89. The molecule has 0 aliphatic carbocycles. The van der Waals surface area contributed by atoms with Gasteiger partial charge in [-0.1, -0.05) is 54.0 Å².